The van der Waals surface area contributed by atoms with Crippen LogP contribution in [-0.4, -0.2) is 24.9 Å². The van der Waals surface area contributed by atoms with E-state index in [1.54, 1.807) is 0 Å². The summed E-state index contributed by atoms with van der Waals surface area (Å²) in [6.07, 6.45) is 6.73. The third-order valence-corrected chi connectivity index (χ3v) is 5.66. The van der Waals surface area contributed by atoms with Gasteiger partial charge in [0.15, 0.2) is 0 Å². The van der Waals surface area contributed by atoms with Crippen LogP contribution < -0.4 is 5.73 Å². The van der Waals surface area contributed by atoms with Crippen LogP contribution in [-0.2, 0) is 23.2 Å². The van der Waals surface area contributed by atoms with Crippen LogP contribution in [0.3, 0.4) is 0 Å². The first-order valence-corrected chi connectivity index (χ1v) is 8.22. The van der Waals surface area contributed by atoms with Crippen molar-refractivity contribution in [1.29, 1.82) is 0 Å². The van der Waals surface area contributed by atoms with Crippen LogP contribution in [0.15, 0.2) is 18.2 Å². The van der Waals surface area contributed by atoms with Gasteiger partial charge in [0, 0.05) is 18.6 Å². The SMILES string of the molecule is CC(O)(c1ccc2c(c1)CCCC2)C1(CN)CCCOC1. The molecule has 1 aromatic carbocycles. The smallest absolute Gasteiger partial charge is 0.0958 e. The van der Waals surface area contributed by atoms with Gasteiger partial charge in [-0.25, -0.2) is 0 Å². The molecule has 21 heavy (non-hydrogen) atoms. The summed E-state index contributed by atoms with van der Waals surface area (Å²) in [5.74, 6) is 0. The van der Waals surface area contributed by atoms with Gasteiger partial charge in [-0.2, -0.15) is 0 Å². The van der Waals surface area contributed by atoms with E-state index in [-0.39, 0.29) is 5.41 Å². The molecule has 0 spiro atoms. The van der Waals surface area contributed by atoms with Crippen molar-refractivity contribution < 1.29 is 9.84 Å². The number of hydrogen-bond donors (Lipinski definition) is 2. The Labute approximate surface area is 127 Å². The summed E-state index contributed by atoms with van der Waals surface area (Å²) in [4.78, 5) is 0. The zero-order valence-electron chi connectivity index (χ0n) is 13.0. The minimum atomic E-state index is -0.936. The summed E-state index contributed by atoms with van der Waals surface area (Å²) in [6, 6.07) is 6.50. The third-order valence-electron chi connectivity index (χ3n) is 5.66. The third kappa shape index (κ3) is 2.52. The van der Waals surface area contributed by atoms with Crippen LogP contribution in [0.25, 0.3) is 0 Å². The summed E-state index contributed by atoms with van der Waals surface area (Å²) < 4.78 is 5.66. The van der Waals surface area contributed by atoms with E-state index in [9.17, 15) is 5.11 Å². The maximum atomic E-state index is 11.3. The van der Waals surface area contributed by atoms with Crippen molar-refractivity contribution in [1.82, 2.24) is 0 Å². The Morgan fingerprint density at radius 1 is 1.24 bits per heavy atom. The first kappa shape index (κ1) is 15.0. The van der Waals surface area contributed by atoms with E-state index in [2.05, 4.69) is 18.2 Å². The second-order valence-electron chi connectivity index (χ2n) is 6.90. The fourth-order valence-electron chi connectivity index (χ4n) is 3.94. The maximum absolute atomic E-state index is 11.3. The van der Waals surface area contributed by atoms with Crippen molar-refractivity contribution in [2.45, 2.75) is 51.0 Å². The van der Waals surface area contributed by atoms with Crippen molar-refractivity contribution in [3.63, 3.8) is 0 Å². The molecule has 0 aromatic heterocycles. The summed E-state index contributed by atoms with van der Waals surface area (Å²) in [5.41, 5.74) is 8.61. The molecule has 2 atom stereocenters. The zero-order chi connectivity index (χ0) is 14.9. The monoisotopic (exact) mass is 289 g/mol. The molecule has 3 rings (SSSR count). The van der Waals surface area contributed by atoms with E-state index in [4.69, 9.17) is 10.5 Å². The molecule has 1 fully saturated rings. The normalized spacial score (nSPS) is 28.7. The fourth-order valence-corrected chi connectivity index (χ4v) is 3.94. The molecule has 0 amide bonds. The molecule has 2 unspecified atom stereocenters. The van der Waals surface area contributed by atoms with Gasteiger partial charge in [0.2, 0.25) is 0 Å². The number of rotatable bonds is 3. The van der Waals surface area contributed by atoms with Crippen molar-refractivity contribution in [2.24, 2.45) is 11.1 Å². The molecular weight excluding hydrogens is 262 g/mol. The predicted octanol–water partition coefficient (Wildman–Crippen LogP) is 2.53. The molecule has 3 nitrogen and oxygen atoms in total. The lowest BCUT2D eigenvalue weighted by Crippen LogP contribution is -2.53. The van der Waals surface area contributed by atoms with Gasteiger partial charge >= 0.3 is 0 Å². The van der Waals surface area contributed by atoms with Crippen molar-refractivity contribution in [3.05, 3.63) is 34.9 Å². The number of ether oxygens (including phenoxy) is 1. The summed E-state index contributed by atoms with van der Waals surface area (Å²) in [7, 11) is 0. The van der Waals surface area contributed by atoms with Crippen molar-refractivity contribution in [3.8, 4) is 0 Å². The van der Waals surface area contributed by atoms with Crippen molar-refractivity contribution >= 4 is 0 Å². The average Bonchev–Trinajstić information content (AvgIpc) is 2.54. The first-order chi connectivity index (χ1) is 10.1. The van der Waals surface area contributed by atoms with Crippen LogP contribution in [0.2, 0.25) is 0 Å². The largest absolute Gasteiger partial charge is 0.385 e. The summed E-state index contributed by atoms with van der Waals surface area (Å²) in [6.45, 7) is 3.70. The van der Waals surface area contributed by atoms with Crippen LogP contribution in [0, 0.1) is 5.41 Å². The molecule has 1 aromatic rings. The number of aliphatic hydroxyl groups is 1. The van der Waals surface area contributed by atoms with Gasteiger partial charge < -0.3 is 15.6 Å². The molecular formula is C18H27NO2. The molecule has 3 heteroatoms. The Balaban J connectivity index is 1.96. The van der Waals surface area contributed by atoms with Crippen LogP contribution in [0.4, 0.5) is 0 Å². The van der Waals surface area contributed by atoms with Gasteiger partial charge in [0.25, 0.3) is 0 Å². The average molecular weight is 289 g/mol. The maximum Gasteiger partial charge on any atom is 0.0958 e. The Hall–Kier alpha value is -0.900. The van der Waals surface area contributed by atoms with Gasteiger partial charge in [-0.15, -0.1) is 0 Å². The minimum Gasteiger partial charge on any atom is -0.385 e. The van der Waals surface area contributed by atoms with E-state index in [0.717, 1.165) is 31.4 Å². The number of aryl methyl sites for hydroxylation is 2. The highest BCUT2D eigenvalue weighted by Gasteiger charge is 2.48. The highest BCUT2D eigenvalue weighted by atomic mass is 16.5. The molecule has 1 heterocycles. The molecule has 1 aliphatic heterocycles. The van der Waals surface area contributed by atoms with E-state index in [0.29, 0.717) is 13.2 Å². The molecule has 0 saturated carbocycles. The van der Waals surface area contributed by atoms with Crippen LogP contribution in [0.5, 0.6) is 0 Å². The van der Waals surface area contributed by atoms with Gasteiger partial charge in [-0.3, -0.25) is 0 Å². The molecule has 1 aliphatic carbocycles. The second kappa shape index (κ2) is 5.71. The highest BCUT2D eigenvalue weighted by Crippen LogP contribution is 2.45. The fraction of sp³-hybridized carbons (Fsp3) is 0.667. The molecule has 0 bridgehead atoms. The molecule has 116 valence electrons. The summed E-state index contributed by atoms with van der Waals surface area (Å²) >= 11 is 0. The first-order valence-electron chi connectivity index (χ1n) is 8.22. The summed E-state index contributed by atoms with van der Waals surface area (Å²) in [5, 5.41) is 11.3. The van der Waals surface area contributed by atoms with Gasteiger partial charge in [0.1, 0.15) is 0 Å². The number of fused-ring (bicyclic) bond motifs is 1. The quantitative estimate of drug-likeness (QED) is 0.899. The number of benzene rings is 1. The molecule has 2 aliphatic rings. The molecule has 0 radical (unpaired) electrons. The Morgan fingerprint density at radius 2 is 2.00 bits per heavy atom. The van der Waals surface area contributed by atoms with Crippen LogP contribution >= 0.6 is 0 Å². The Morgan fingerprint density at radius 3 is 2.67 bits per heavy atom. The number of hydrogen-bond acceptors (Lipinski definition) is 3. The lowest BCUT2D eigenvalue weighted by Gasteiger charge is -2.47. The van der Waals surface area contributed by atoms with E-state index < -0.39 is 5.60 Å². The topological polar surface area (TPSA) is 55.5 Å². The van der Waals surface area contributed by atoms with Crippen molar-refractivity contribution in [2.75, 3.05) is 19.8 Å². The molecule has 3 N–H and O–H groups in total. The second-order valence-corrected chi connectivity index (χ2v) is 6.90. The van der Waals surface area contributed by atoms with E-state index in [1.165, 1.54) is 30.4 Å². The van der Waals surface area contributed by atoms with Gasteiger partial charge in [-0.1, -0.05) is 18.2 Å². The predicted molar refractivity (Wildman–Crippen MR) is 84.2 cm³/mol. The number of nitrogens with two attached hydrogens (primary N) is 1. The molecule has 1 saturated heterocycles. The minimum absolute atomic E-state index is 0.367. The van der Waals surface area contributed by atoms with Gasteiger partial charge in [-0.05, 0) is 62.1 Å². The zero-order valence-corrected chi connectivity index (χ0v) is 13.0. The lowest BCUT2D eigenvalue weighted by molar-refractivity contribution is -0.139. The van der Waals surface area contributed by atoms with E-state index in [1.807, 2.05) is 6.92 Å². The highest BCUT2D eigenvalue weighted by molar-refractivity contribution is 5.37. The lowest BCUT2D eigenvalue weighted by atomic mass is 9.66. The van der Waals surface area contributed by atoms with Gasteiger partial charge in [0.05, 0.1) is 12.2 Å². The van der Waals surface area contributed by atoms with E-state index >= 15 is 0 Å². The Bertz CT molecular complexity index is 504. The standard InChI is InChI=1S/C18H27NO2/c1-17(20,18(12-19)9-4-10-21-13-18)16-8-7-14-5-2-3-6-15(14)11-16/h7-8,11,20H,2-6,9-10,12-13,19H2,1H3. The van der Waals surface area contributed by atoms with Crippen LogP contribution in [0.1, 0.15) is 49.3 Å². The Kier molecular flexibility index (Phi) is 4.08.